The number of piperazine rings is 1. The van der Waals surface area contributed by atoms with Crippen molar-refractivity contribution in [1.82, 2.24) is 9.97 Å². The molecule has 1 aliphatic heterocycles. The maximum atomic E-state index is 4.68. The topological polar surface area (TPSA) is 33.5 Å². The van der Waals surface area contributed by atoms with Crippen molar-refractivity contribution < 1.29 is 4.90 Å². The summed E-state index contributed by atoms with van der Waals surface area (Å²) in [5, 5.41) is 1.37. The fraction of sp³-hybridized carbons (Fsp3) is 0.625. The number of nitrogens with one attached hydrogen (secondary N) is 1. The van der Waals surface area contributed by atoms with Gasteiger partial charge >= 0.3 is 0 Å². The Morgan fingerprint density at radius 1 is 1.10 bits per heavy atom. The van der Waals surface area contributed by atoms with Crippen molar-refractivity contribution in [3.8, 4) is 0 Å². The lowest BCUT2D eigenvalue weighted by atomic mass is 10.1. The van der Waals surface area contributed by atoms with Crippen LogP contribution in [0.15, 0.2) is 6.33 Å². The maximum absolute atomic E-state index is 4.68. The summed E-state index contributed by atoms with van der Waals surface area (Å²) in [5.74, 6) is 1.20. The van der Waals surface area contributed by atoms with E-state index in [0.717, 1.165) is 13.1 Å². The zero-order valence-electron chi connectivity index (χ0n) is 12.7. The molecule has 5 heteroatoms. The van der Waals surface area contributed by atoms with Crippen molar-refractivity contribution in [2.24, 2.45) is 0 Å². The molecular weight excluding hydrogens is 280 g/mol. The van der Waals surface area contributed by atoms with Gasteiger partial charge in [0.15, 0.2) is 0 Å². The molecule has 0 aromatic carbocycles. The molecule has 0 saturated carbocycles. The van der Waals surface area contributed by atoms with Gasteiger partial charge in [-0.1, -0.05) is 6.42 Å². The van der Waals surface area contributed by atoms with Crippen LogP contribution in [-0.2, 0) is 12.8 Å². The first-order chi connectivity index (χ1) is 10.3. The fourth-order valence-corrected chi connectivity index (χ4v) is 4.81. The highest BCUT2D eigenvalue weighted by Crippen LogP contribution is 2.38. The number of anilines is 1. The Labute approximate surface area is 129 Å². The molecular formula is C16H23N4S+. The second-order valence-electron chi connectivity index (χ2n) is 6.39. The van der Waals surface area contributed by atoms with Crippen molar-refractivity contribution >= 4 is 27.4 Å². The number of aryl methyl sites for hydroxylation is 2. The minimum atomic E-state index is 1.11. The average Bonchev–Trinajstić information content (AvgIpc) is 2.70. The van der Waals surface area contributed by atoms with E-state index in [4.69, 9.17) is 0 Å². The number of nitrogens with zero attached hydrogens (tertiary/aromatic N) is 3. The van der Waals surface area contributed by atoms with Gasteiger partial charge in [0, 0.05) is 4.88 Å². The third-order valence-electron chi connectivity index (χ3n) is 4.90. The van der Waals surface area contributed by atoms with Crippen molar-refractivity contribution in [1.29, 1.82) is 0 Å². The Bertz CT molecular complexity index is 643. The van der Waals surface area contributed by atoms with E-state index in [0.29, 0.717) is 0 Å². The molecule has 0 radical (unpaired) electrons. The van der Waals surface area contributed by atoms with Gasteiger partial charge < -0.3 is 9.80 Å². The predicted octanol–water partition coefficient (Wildman–Crippen LogP) is 1.29. The molecule has 1 aliphatic carbocycles. The zero-order chi connectivity index (χ0) is 14.2. The quantitative estimate of drug-likeness (QED) is 0.806. The van der Waals surface area contributed by atoms with Gasteiger partial charge in [-0.05, 0) is 31.2 Å². The molecule has 4 nitrogen and oxygen atoms in total. The average molecular weight is 303 g/mol. The van der Waals surface area contributed by atoms with E-state index in [1.54, 1.807) is 21.7 Å². The van der Waals surface area contributed by atoms with E-state index >= 15 is 0 Å². The molecule has 0 unspecified atom stereocenters. The van der Waals surface area contributed by atoms with Gasteiger partial charge in [-0.3, -0.25) is 0 Å². The molecule has 21 heavy (non-hydrogen) atoms. The maximum Gasteiger partial charge on any atom is 0.141 e. The second-order valence-corrected chi connectivity index (χ2v) is 7.47. The number of aromatic nitrogens is 2. The lowest BCUT2D eigenvalue weighted by Crippen LogP contribution is -3.12. The minimum Gasteiger partial charge on any atom is -0.345 e. The van der Waals surface area contributed by atoms with Gasteiger partial charge in [-0.25, -0.2) is 9.97 Å². The van der Waals surface area contributed by atoms with E-state index in [2.05, 4.69) is 21.9 Å². The first-order valence-electron chi connectivity index (χ1n) is 8.14. The SMILES string of the molecule is C[NH+]1CCN(c2ncnc3sc4c(c23)CCCCC4)CC1. The number of likely N-dealkylation sites (N-methyl/N-ethyl adjacent to an activating group) is 1. The number of rotatable bonds is 1. The van der Waals surface area contributed by atoms with E-state index in [1.807, 2.05) is 11.3 Å². The van der Waals surface area contributed by atoms with Gasteiger partial charge in [0.05, 0.1) is 38.6 Å². The molecule has 0 amide bonds. The Hall–Kier alpha value is -1.20. The third-order valence-corrected chi connectivity index (χ3v) is 6.10. The summed E-state index contributed by atoms with van der Waals surface area (Å²) >= 11 is 1.91. The van der Waals surface area contributed by atoms with Gasteiger partial charge in [-0.15, -0.1) is 11.3 Å². The van der Waals surface area contributed by atoms with Gasteiger partial charge in [-0.2, -0.15) is 0 Å². The molecule has 0 atom stereocenters. The third kappa shape index (κ3) is 2.42. The number of quaternary nitrogens is 1. The summed E-state index contributed by atoms with van der Waals surface area (Å²) in [5.41, 5.74) is 1.56. The van der Waals surface area contributed by atoms with E-state index in [-0.39, 0.29) is 0 Å². The van der Waals surface area contributed by atoms with Crippen LogP contribution < -0.4 is 9.80 Å². The highest BCUT2D eigenvalue weighted by Gasteiger charge is 2.24. The number of thiophene rings is 1. The van der Waals surface area contributed by atoms with Crippen LogP contribution in [-0.4, -0.2) is 43.2 Å². The van der Waals surface area contributed by atoms with E-state index < -0.39 is 0 Å². The van der Waals surface area contributed by atoms with Crippen LogP contribution in [0.5, 0.6) is 0 Å². The summed E-state index contributed by atoms with van der Waals surface area (Å²) < 4.78 is 0. The lowest BCUT2D eigenvalue weighted by molar-refractivity contribution is -0.880. The first-order valence-corrected chi connectivity index (χ1v) is 8.96. The summed E-state index contributed by atoms with van der Waals surface area (Å²) in [6.45, 7) is 4.64. The zero-order valence-corrected chi connectivity index (χ0v) is 13.5. The molecule has 1 N–H and O–H groups in total. The normalized spacial score (nSPS) is 20.5. The van der Waals surface area contributed by atoms with Crippen LogP contribution in [0.25, 0.3) is 10.2 Å². The van der Waals surface area contributed by atoms with Crippen LogP contribution in [0.3, 0.4) is 0 Å². The molecule has 3 heterocycles. The van der Waals surface area contributed by atoms with Crippen LogP contribution in [0, 0.1) is 0 Å². The van der Waals surface area contributed by atoms with E-state index in [9.17, 15) is 0 Å². The number of hydrogen-bond acceptors (Lipinski definition) is 4. The fourth-order valence-electron chi connectivity index (χ4n) is 3.59. The summed E-state index contributed by atoms with van der Waals surface area (Å²) in [7, 11) is 2.28. The van der Waals surface area contributed by atoms with Crippen molar-refractivity contribution in [3.63, 3.8) is 0 Å². The molecule has 2 aromatic heterocycles. The highest BCUT2D eigenvalue weighted by molar-refractivity contribution is 7.18. The van der Waals surface area contributed by atoms with Crippen molar-refractivity contribution in [3.05, 3.63) is 16.8 Å². The van der Waals surface area contributed by atoms with Gasteiger partial charge in [0.25, 0.3) is 0 Å². The van der Waals surface area contributed by atoms with Crippen LogP contribution in [0.2, 0.25) is 0 Å². The molecule has 1 saturated heterocycles. The molecule has 2 aromatic rings. The molecule has 0 bridgehead atoms. The minimum absolute atomic E-state index is 1.11. The van der Waals surface area contributed by atoms with E-state index in [1.165, 1.54) is 61.2 Å². The summed E-state index contributed by atoms with van der Waals surface area (Å²) in [6, 6.07) is 0. The van der Waals surface area contributed by atoms with Crippen LogP contribution >= 0.6 is 11.3 Å². The Balaban J connectivity index is 1.79. The van der Waals surface area contributed by atoms with Crippen molar-refractivity contribution in [2.45, 2.75) is 32.1 Å². The molecule has 2 aliphatic rings. The Morgan fingerprint density at radius 2 is 1.90 bits per heavy atom. The molecule has 0 spiro atoms. The van der Waals surface area contributed by atoms with Crippen molar-refractivity contribution in [2.75, 3.05) is 38.1 Å². The monoisotopic (exact) mass is 303 g/mol. The predicted molar refractivity (Wildman–Crippen MR) is 87.5 cm³/mol. The smallest absolute Gasteiger partial charge is 0.141 e. The first kappa shape index (κ1) is 13.5. The standard InChI is InChI=1S/C16H22N4S/c1-19-7-9-20(10-8-19)15-14-12-5-3-2-4-6-13(12)21-16(14)18-11-17-15/h11H,2-10H2,1H3/p+1. The second kappa shape index (κ2) is 5.54. The summed E-state index contributed by atoms with van der Waals surface area (Å²) in [4.78, 5) is 16.1. The number of hydrogen-bond donors (Lipinski definition) is 1. The number of fused-ring (bicyclic) bond motifs is 3. The Morgan fingerprint density at radius 3 is 2.76 bits per heavy atom. The van der Waals surface area contributed by atoms with Crippen LogP contribution in [0.1, 0.15) is 29.7 Å². The lowest BCUT2D eigenvalue weighted by Gasteiger charge is -2.31. The largest absolute Gasteiger partial charge is 0.345 e. The molecule has 4 rings (SSSR count). The molecule has 112 valence electrons. The summed E-state index contributed by atoms with van der Waals surface area (Å²) in [6.07, 6.45) is 8.24. The highest BCUT2D eigenvalue weighted by atomic mass is 32.1. The van der Waals surface area contributed by atoms with Crippen LogP contribution in [0.4, 0.5) is 5.82 Å². The van der Waals surface area contributed by atoms with Gasteiger partial charge in [0.1, 0.15) is 17.0 Å². The van der Waals surface area contributed by atoms with Gasteiger partial charge in [0.2, 0.25) is 0 Å². The Kier molecular flexibility index (Phi) is 3.55. The molecule has 1 fully saturated rings.